The van der Waals surface area contributed by atoms with Crippen LogP contribution in [0, 0.1) is 17.5 Å². The Morgan fingerprint density at radius 3 is 2.05 bits per heavy atom. The van der Waals surface area contributed by atoms with E-state index in [-0.39, 0.29) is 0 Å². The van der Waals surface area contributed by atoms with E-state index in [1.807, 2.05) is 0 Å². The molecule has 0 radical (unpaired) electrons. The normalized spacial score (nSPS) is 13.4. The molecular formula is C10H7F6NO2. The van der Waals surface area contributed by atoms with Crippen molar-refractivity contribution < 1.29 is 36.2 Å². The molecule has 1 aromatic rings. The lowest BCUT2D eigenvalue weighted by molar-refractivity contribution is -0.143. The van der Waals surface area contributed by atoms with Crippen molar-refractivity contribution in [3.05, 3.63) is 35.1 Å². The first-order chi connectivity index (χ1) is 8.61. The number of rotatable bonds is 4. The van der Waals surface area contributed by atoms with Crippen LogP contribution in [0.1, 0.15) is 11.6 Å². The Labute approximate surface area is 102 Å². The quantitative estimate of drug-likeness (QED) is 0.660. The fourth-order valence-electron chi connectivity index (χ4n) is 1.31. The molecule has 2 N–H and O–H groups in total. The predicted octanol–water partition coefficient (Wildman–Crippen LogP) is 2.38. The molecule has 0 heterocycles. The highest BCUT2D eigenvalue weighted by atomic mass is 19.4. The Morgan fingerprint density at radius 2 is 1.68 bits per heavy atom. The predicted molar refractivity (Wildman–Crippen MR) is 50.8 cm³/mol. The van der Waals surface area contributed by atoms with Crippen LogP contribution in [0.15, 0.2) is 12.1 Å². The summed E-state index contributed by atoms with van der Waals surface area (Å²) in [5.74, 6) is -6.98. The van der Waals surface area contributed by atoms with Crippen molar-refractivity contribution in [2.45, 2.75) is 12.2 Å². The second-order valence-electron chi connectivity index (χ2n) is 3.57. The van der Waals surface area contributed by atoms with Gasteiger partial charge < -0.3 is 5.11 Å². The monoisotopic (exact) mass is 287 g/mol. The van der Waals surface area contributed by atoms with Crippen LogP contribution in [0.25, 0.3) is 0 Å². The summed E-state index contributed by atoms with van der Waals surface area (Å²) in [6.07, 6.45) is -4.70. The average molecular weight is 287 g/mol. The second-order valence-corrected chi connectivity index (χ2v) is 3.57. The van der Waals surface area contributed by atoms with Gasteiger partial charge in [0.15, 0.2) is 17.5 Å². The Bertz CT molecular complexity index is 464. The Balaban J connectivity index is 3.03. The van der Waals surface area contributed by atoms with Crippen molar-refractivity contribution in [1.82, 2.24) is 5.32 Å². The van der Waals surface area contributed by atoms with E-state index in [2.05, 4.69) is 0 Å². The van der Waals surface area contributed by atoms with Crippen molar-refractivity contribution in [2.75, 3.05) is 6.54 Å². The molecule has 19 heavy (non-hydrogen) atoms. The number of nitrogens with one attached hydrogen (secondary N) is 1. The summed E-state index contributed by atoms with van der Waals surface area (Å²) in [5.41, 5.74) is -0.659. The van der Waals surface area contributed by atoms with E-state index in [0.717, 1.165) is 0 Å². The molecule has 1 aromatic carbocycles. The highest BCUT2D eigenvalue weighted by molar-refractivity contribution is 5.75. The largest absolute Gasteiger partial charge is 0.480 e. The van der Waals surface area contributed by atoms with E-state index in [4.69, 9.17) is 5.11 Å². The molecule has 9 heteroatoms. The lowest BCUT2D eigenvalue weighted by atomic mass is 10.1. The molecule has 0 bridgehead atoms. The van der Waals surface area contributed by atoms with E-state index in [0.29, 0.717) is 12.1 Å². The van der Waals surface area contributed by atoms with E-state index < -0.39 is 47.7 Å². The first-order valence-electron chi connectivity index (χ1n) is 4.79. The van der Waals surface area contributed by atoms with Crippen LogP contribution >= 0.6 is 0 Å². The van der Waals surface area contributed by atoms with Gasteiger partial charge in [0.25, 0.3) is 0 Å². The standard InChI is InChI=1S/C10H7F6NO2/c11-5-1-4(2-6(12)7(5)13)8(9(18)19)17-3-10(14,15)16/h1-2,8,17H,3H2,(H,18,19). The van der Waals surface area contributed by atoms with Gasteiger partial charge >= 0.3 is 12.1 Å². The molecule has 1 unspecified atom stereocenters. The van der Waals surface area contributed by atoms with Gasteiger partial charge in [0.1, 0.15) is 6.04 Å². The zero-order valence-corrected chi connectivity index (χ0v) is 9.06. The molecule has 0 aromatic heterocycles. The average Bonchev–Trinajstić information content (AvgIpc) is 2.23. The summed E-state index contributed by atoms with van der Waals surface area (Å²) in [7, 11) is 0. The number of carbonyl (C=O) groups is 1. The molecule has 106 valence electrons. The smallest absolute Gasteiger partial charge is 0.401 e. The summed E-state index contributed by atoms with van der Waals surface area (Å²) in [5, 5.41) is 10.3. The van der Waals surface area contributed by atoms with E-state index >= 15 is 0 Å². The zero-order valence-electron chi connectivity index (χ0n) is 9.06. The molecule has 3 nitrogen and oxygen atoms in total. The molecular weight excluding hydrogens is 280 g/mol. The lowest BCUT2D eigenvalue weighted by Gasteiger charge is -2.16. The summed E-state index contributed by atoms with van der Waals surface area (Å²) in [6.45, 7) is -1.68. The molecule has 0 saturated carbocycles. The van der Waals surface area contributed by atoms with Crippen molar-refractivity contribution in [1.29, 1.82) is 0 Å². The summed E-state index contributed by atoms with van der Waals surface area (Å²) >= 11 is 0. The number of halogens is 6. The van der Waals surface area contributed by atoms with Crippen LogP contribution in [0.2, 0.25) is 0 Å². The third kappa shape index (κ3) is 4.12. The van der Waals surface area contributed by atoms with Gasteiger partial charge in [-0.15, -0.1) is 0 Å². The molecule has 0 saturated heterocycles. The van der Waals surface area contributed by atoms with Crippen LogP contribution in [0.4, 0.5) is 26.3 Å². The van der Waals surface area contributed by atoms with Crippen molar-refractivity contribution in [3.63, 3.8) is 0 Å². The van der Waals surface area contributed by atoms with Gasteiger partial charge in [-0.2, -0.15) is 13.2 Å². The number of benzene rings is 1. The minimum absolute atomic E-state index is 0.320. The fourth-order valence-corrected chi connectivity index (χ4v) is 1.31. The third-order valence-electron chi connectivity index (χ3n) is 2.09. The van der Waals surface area contributed by atoms with Gasteiger partial charge in [0, 0.05) is 0 Å². The molecule has 0 fully saturated rings. The zero-order chi connectivity index (χ0) is 14.8. The SMILES string of the molecule is O=C(O)C(NCC(F)(F)F)c1cc(F)c(F)c(F)c1. The minimum Gasteiger partial charge on any atom is -0.480 e. The Hall–Kier alpha value is -1.77. The highest BCUT2D eigenvalue weighted by Gasteiger charge is 2.31. The minimum atomic E-state index is -4.70. The van der Waals surface area contributed by atoms with Crippen LogP contribution in [0.5, 0.6) is 0 Å². The van der Waals surface area contributed by atoms with Crippen molar-refractivity contribution in [3.8, 4) is 0 Å². The van der Waals surface area contributed by atoms with E-state index in [1.54, 1.807) is 5.32 Å². The molecule has 1 rings (SSSR count). The summed E-state index contributed by atoms with van der Waals surface area (Å²) < 4.78 is 74.3. The van der Waals surface area contributed by atoms with Gasteiger partial charge in [-0.1, -0.05) is 0 Å². The maximum atomic E-state index is 12.9. The fraction of sp³-hybridized carbons (Fsp3) is 0.300. The Morgan fingerprint density at radius 1 is 1.21 bits per heavy atom. The third-order valence-corrected chi connectivity index (χ3v) is 2.09. The van der Waals surface area contributed by atoms with Gasteiger partial charge in [0.2, 0.25) is 0 Å². The lowest BCUT2D eigenvalue weighted by Crippen LogP contribution is -2.36. The first-order valence-corrected chi connectivity index (χ1v) is 4.79. The number of hydrogen-bond acceptors (Lipinski definition) is 2. The summed E-state index contributed by atoms with van der Waals surface area (Å²) in [6, 6.07) is -1.37. The van der Waals surface area contributed by atoms with E-state index in [1.165, 1.54) is 0 Å². The van der Waals surface area contributed by atoms with Gasteiger partial charge in [-0.3, -0.25) is 10.1 Å². The van der Waals surface area contributed by atoms with E-state index in [9.17, 15) is 31.1 Å². The molecule has 0 spiro atoms. The molecule has 0 aliphatic rings. The first kappa shape index (κ1) is 15.3. The Kier molecular flexibility index (Phi) is 4.40. The highest BCUT2D eigenvalue weighted by Crippen LogP contribution is 2.21. The topological polar surface area (TPSA) is 49.3 Å². The number of aliphatic carboxylic acids is 1. The van der Waals surface area contributed by atoms with Crippen LogP contribution in [-0.2, 0) is 4.79 Å². The number of carboxylic acids is 1. The van der Waals surface area contributed by atoms with Crippen molar-refractivity contribution in [2.24, 2.45) is 0 Å². The van der Waals surface area contributed by atoms with Gasteiger partial charge in [-0.05, 0) is 17.7 Å². The van der Waals surface area contributed by atoms with Crippen LogP contribution in [-0.4, -0.2) is 23.8 Å². The number of carboxylic acid groups (broad SMARTS) is 1. The maximum absolute atomic E-state index is 12.9. The molecule has 0 aliphatic heterocycles. The molecule has 1 atom stereocenters. The van der Waals surface area contributed by atoms with Crippen LogP contribution < -0.4 is 5.32 Å². The maximum Gasteiger partial charge on any atom is 0.401 e. The van der Waals surface area contributed by atoms with Crippen LogP contribution in [0.3, 0.4) is 0 Å². The van der Waals surface area contributed by atoms with Gasteiger partial charge in [0.05, 0.1) is 6.54 Å². The summed E-state index contributed by atoms with van der Waals surface area (Å²) in [4.78, 5) is 10.8. The van der Waals surface area contributed by atoms with Crippen molar-refractivity contribution >= 4 is 5.97 Å². The number of alkyl halides is 3. The second kappa shape index (κ2) is 5.47. The molecule has 0 amide bonds. The number of hydrogen-bond donors (Lipinski definition) is 2. The molecule has 0 aliphatic carbocycles. The van der Waals surface area contributed by atoms with Gasteiger partial charge in [-0.25, -0.2) is 13.2 Å².